The standard InChI is InChI=1S/C10H9BrF2O2/c1-15-10(14)4-6-2-9(13)7(5-11)3-8(6)12/h2-3H,4-5H2,1H3. The van der Waals surface area contributed by atoms with Crippen molar-refractivity contribution >= 4 is 21.9 Å². The van der Waals surface area contributed by atoms with Crippen LogP contribution in [-0.4, -0.2) is 13.1 Å². The number of rotatable bonds is 3. The number of benzene rings is 1. The highest BCUT2D eigenvalue weighted by atomic mass is 79.9. The summed E-state index contributed by atoms with van der Waals surface area (Å²) in [6.07, 6.45) is -0.262. The Morgan fingerprint density at radius 1 is 1.33 bits per heavy atom. The van der Waals surface area contributed by atoms with Crippen molar-refractivity contribution in [1.29, 1.82) is 0 Å². The third-order valence-electron chi connectivity index (χ3n) is 1.92. The molecule has 0 heterocycles. The molecule has 0 fully saturated rings. The highest BCUT2D eigenvalue weighted by Gasteiger charge is 2.12. The number of ether oxygens (including phenoxy) is 1. The molecule has 1 aromatic rings. The minimum absolute atomic E-state index is 0.00375. The number of hydrogen-bond donors (Lipinski definition) is 0. The van der Waals surface area contributed by atoms with E-state index in [1.54, 1.807) is 0 Å². The van der Waals surface area contributed by atoms with Gasteiger partial charge in [-0.25, -0.2) is 8.78 Å². The molecule has 0 amide bonds. The van der Waals surface area contributed by atoms with Crippen LogP contribution in [0.3, 0.4) is 0 Å². The normalized spacial score (nSPS) is 10.1. The fourth-order valence-corrected chi connectivity index (χ4v) is 1.52. The molecule has 0 spiro atoms. The Kier molecular flexibility index (Phi) is 4.20. The highest BCUT2D eigenvalue weighted by molar-refractivity contribution is 9.08. The summed E-state index contributed by atoms with van der Waals surface area (Å²) in [6, 6.07) is 2.09. The molecule has 82 valence electrons. The molecule has 0 radical (unpaired) electrons. The molecule has 0 N–H and O–H groups in total. The van der Waals surface area contributed by atoms with Crippen molar-refractivity contribution in [3.05, 3.63) is 34.9 Å². The van der Waals surface area contributed by atoms with Crippen LogP contribution in [0.4, 0.5) is 8.78 Å². The Bertz CT molecular complexity index is 380. The summed E-state index contributed by atoms with van der Waals surface area (Å²) in [5.41, 5.74) is 0.227. The average Bonchev–Trinajstić information content (AvgIpc) is 2.22. The molecule has 0 aromatic heterocycles. The number of methoxy groups -OCH3 is 1. The number of esters is 1. The zero-order chi connectivity index (χ0) is 11.4. The van der Waals surface area contributed by atoms with Crippen LogP contribution in [-0.2, 0) is 21.3 Å². The Morgan fingerprint density at radius 3 is 2.40 bits per heavy atom. The van der Waals surface area contributed by atoms with Crippen LogP contribution in [0.15, 0.2) is 12.1 Å². The van der Waals surface area contributed by atoms with E-state index in [4.69, 9.17) is 0 Å². The molecule has 0 atom stereocenters. The quantitative estimate of drug-likeness (QED) is 0.628. The van der Waals surface area contributed by atoms with Gasteiger partial charge in [-0.1, -0.05) is 15.9 Å². The first kappa shape index (κ1) is 12.1. The summed E-state index contributed by atoms with van der Waals surface area (Å²) >= 11 is 3.03. The maximum Gasteiger partial charge on any atom is 0.310 e. The van der Waals surface area contributed by atoms with Crippen LogP contribution in [0.2, 0.25) is 0 Å². The van der Waals surface area contributed by atoms with E-state index in [-0.39, 0.29) is 22.9 Å². The third-order valence-corrected chi connectivity index (χ3v) is 2.53. The smallest absolute Gasteiger partial charge is 0.310 e. The molecule has 0 aliphatic heterocycles. The van der Waals surface area contributed by atoms with Crippen molar-refractivity contribution in [2.45, 2.75) is 11.8 Å². The van der Waals surface area contributed by atoms with Crippen molar-refractivity contribution < 1.29 is 18.3 Å². The minimum atomic E-state index is -0.601. The van der Waals surface area contributed by atoms with E-state index >= 15 is 0 Å². The van der Waals surface area contributed by atoms with Crippen molar-refractivity contribution in [3.63, 3.8) is 0 Å². The molecular weight excluding hydrogens is 270 g/mol. The molecule has 0 bridgehead atoms. The van der Waals surface area contributed by atoms with Crippen molar-refractivity contribution in [1.82, 2.24) is 0 Å². The first-order valence-electron chi connectivity index (χ1n) is 4.18. The minimum Gasteiger partial charge on any atom is -0.469 e. The van der Waals surface area contributed by atoms with Gasteiger partial charge < -0.3 is 4.74 Å². The van der Waals surface area contributed by atoms with Gasteiger partial charge in [0.05, 0.1) is 13.5 Å². The van der Waals surface area contributed by atoms with Gasteiger partial charge in [0, 0.05) is 16.5 Å². The van der Waals surface area contributed by atoms with Gasteiger partial charge in [-0.2, -0.15) is 0 Å². The lowest BCUT2D eigenvalue weighted by molar-refractivity contribution is -0.139. The maximum absolute atomic E-state index is 13.3. The van der Waals surface area contributed by atoms with Crippen LogP contribution in [0.5, 0.6) is 0 Å². The highest BCUT2D eigenvalue weighted by Crippen LogP contribution is 2.17. The predicted octanol–water partition coefficient (Wildman–Crippen LogP) is 2.58. The van der Waals surface area contributed by atoms with Gasteiger partial charge in [-0.3, -0.25) is 4.79 Å². The molecule has 0 saturated carbocycles. The second kappa shape index (κ2) is 5.21. The van der Waals surface area contributed by atoms with E-state index in [1.165, 1.54) is 7.11 Å². The molecular formula is C10H9BrF2O2. The van der Waals surface area contributed by atoms with E-state index in [0.717, 1.165) is 12.1 Å². The summed E-state index contributed by atoms with van der Waals surface area (Å²) in [7, 11) is 1.20. The van der Waals surface area contributed by atoms with Crippen LogP contribution < -0.4 is 0 Å². The first-order chi connectivity index (χ1) is 7.08. The van der Waals surface area contributed by atoms with Gasteiger partial charge in [0.2, 0.25) is 0 Å². The predicted molar refractivity (Wildman–Crippen MR) is 54.7 cm³/mol. The zero-order valence-electron chi connectivity index (χ0n) is 8.02. The van der Waals surface area contributed by atoms with Crippen LogP contribution >= 0.6 is 15.9 Å². The van der Waals surface area contributed by atoms with Gasteiger partial charge in [-0.05, 0) is 12.1 Å². The Hall–Kier alpha value is -0.970. The molecule has 1 aromatic carbocycles. The molecule has 0 aliphatic rings. The monoisotopic (exact) mass is 278 g/mol. The lowest BCUT2D eigenvalue weighted by Crippen LogP contribution is -2.07. The fraction of sp³-hybridized carbons (Fsp3) is 0.300. The Morgan fingerprint density at radius 2 is 1.87 bits per heavy atom. The average molecular weight is 279 g/mol. The van der Waals surface area contributed by atoms with Gasteiger partial charge in [-0.15, -0.1) is 0 Å². The number of carbonyl (C=O) groups is 1. The lowest BCUT2D eigenvalue weighted by atomic mass is 10.1. The Labute approximate surface area is 94.4 Å². The third kappa shape index (κ3) is 2.99. The van der Waals surface area contributed by atoms with Gasteiger partial charge in [0.15, 0.2) is 0 Å². The summed E-state index contributed by atoms with van der Waals surface area (Å²) in [4.78, 5) is 10.9. The van der Waals surface area contributed by atoms with Gasteiger partial charge >= 0.3 is 5.97 Å². The van der Waals surface area contributed by atoms with Gasteiger partial charge in [0.1, 0.15) is 11.6 Å². The topological polar surface area (TPSA) is 26.3 Å². The second-order valence-electron chi connectivity index (χ2n) is 2.92. The maximum atomic E-state index is 13.3. The molecule has 0 saturated heterocycles. The van der Waals surface area contributed by atoms with Crippen molar-refractivity contribution in [2.24, 2.45) is 0 Å². The molecule has 0 unspecified atom stereocenters. The number of halogens is 3. The first-order valence-corrected chi connectivity index (χ1v) is 5.30. The molecule has 0 aliphatic carbocycles. The fourth-order valence-electron chi connectivity index (χ4n) is 1.09. The molecule has 1 rings (SSSR count). The van der Waals surface area contributed by atoms with E-state index in [1.807, 2.05) is 0 Å². The van der Waals surface area contributed by atoms with E-state index in [2.05, 4.69) is 20.7 Å². The van der Waals surface area contributed by atoms with Crippen LogP contribution in [0, 0.1) is 11.6 Å². The molecule has 5 heteroatoms. The van der Waals surface area contributed by atoms with E-state index in [0.29, 0.717) is 0 Å². The largest absolute Gasteiger partial charge is 0.469 e. The number of alkyl halides is 1. The summed E-state index contributed by atoms with van der Waals surface area (Å²) < 4.78 is 30.9. The Balaban J connectivity index is 3.00. The zero-order valence-corrected chi connectivity index (χ0v) is 9.61. The van der Waals surface area contributed by atoms with Crippen LogP contribution in [0.25, 0.3) is 0 Å². The molecule has 2 nitrogen and oxygen atoms in total. The van der Waals surface area contributed by atoms with Crippen molar-refractivity contribution in [3.8, 4) is 0 Å². The summed E-state index contributed by atoms with van der Waals surface area (Å²) in [5.74, 6) is -1.73. The number of carbonyl (C=O) groups excluding carboxylic acids is 1. The molecule has 15 heavy (non-hydrogen) atoms. The van der Waals surface area contributed by atoms with Gasteiger partial charge in [0.25, 0.3) is 0 Å². The lowest BCUT2D eigenvalue weighted by Gasteiger charge is -2.05. The van der Waals surface area contributed by atoms with Crippen molar-refractivity contribution in [2.75, 3.05) is 7.11 Å². The summed E-state index contributed by atoms with van der Waals surface area (Å²) in [5, 5.41) is 0.230. The number of hydrogen-bond acceptors (Lipinski definition) is 2. The summed E-state index contributed by atoms with van der Waals surface area (Å²) in [6.45, 7) is 0. The van der Waals surface area contributed by atoms with E-state index < -0.39 is 17.6 Å². The SMILES string of the molecule is COC(=O)Cc1cc(F)c(CBr)cc1F. The van der Waals surface area contributed by atoms with E-state index in [9.17, 15) is 13.6 Å². The second-order valence-corrected chi connectivity index (χ2v) is 3.48. The van der Waals surface area contributed by atoms with Crippen LogP contribution in [0.1, 0.15) is 11.1 Å².